The molecule has 3 aliphatic carbocycles. The molecule has 0 amide bonds. The summed E-state index contributed by atoms with van der Waals surface area (Å²) in [6, 6.07) is 39.2. The highest BCUT2D eigenvalue weighted by molar-refractivity contribution is 7.84. The van der Waals surface area contributed by atoms with Crippen LogP contribution in [0.4, 0.5) is 0 Å². The number of hydrogen-bond donors (Lipinski definition) is 1. The van der Waals surface area contributed by atoms with Crippen molar-refractivity contribution in [3.8, 4) is 9.75 Å². The molecule has 0 aliphatic heterocycles. The normalized spacial score (nSPS) is 16.6. The highest BCUT2D eigenvalue weighted by atomic mass is 32.1. The summed E-state index contributed by atoms with van der Waals surface area (Å²) in [5.41, 5.74) is 6.70. The van der Waals surface area contributed by atoms with Gasteiger partial charge in [0.05, 0.1) is 38.8 Å². The molecule has 0 bridgehead atoms. The Bertz CT molecular complexity index is 3180. The second-order valence-corrected chi connectivity index (χ2v) is 20.8. The van der Waals surface area contributed by atoms with E-state index < -0.39 is 17.4 Å². The minimum atomic E-state index is -1.90. The van der Waals surface area contributed by atoms with Gasteiger partial charge in [0, 0.05) is 47.1 Å². The van der Waals surface area contributed by atoms with E-state index in [4.69, 9.17) is 58.8 Å². The minimum absolute atomic E-state index is 0.0113. The number of allylic oxidation sites excluding steroid dienone is 1. The molecule has 61 heavy (non-hydrogen) atoms. The van der Waals surface area contributed by atoms with Crippen molar-refractivity contribution in [2.45, 2.75) is 23.9 Å². The van der Waals surface area contributed by atoms with Crippen LogP contribution in [0.2, 0.25) is 0 Å². The van der Waals surface area contributed by atoms with Crippen molar-refractivity contribution in [3.05, 3.63) is 187 Å². The first kappa shape index (κ1) is 39.1. The number of esters is 2. The van der Waals surface area contributed by atoms with Crippen molar-refractivity contribution in [1.82, 2.24) is 0 Å². The topological polar surface area (TPSA) is 52.6 Å². The number of carbonyl (C=O) groups is 2. The van der Waals surface area contributed by atoms with Crippen LogP contribution in [0.15, 0.2) is 132 Å². The molecule has 1 unspecified atom stereocenters. The van der Waals surface area contributed by atoms with E-state index in [1.807, 2.05) is 109 Å². The third kappa shape index (κ3) is 6.17. The lowest BCUT2D eigenvalue weighted by Crippen LogP contribution is -2.45. The molecule has 0 N–H and O–H groups in total. The number of benzene rings is 4. The number of thiophene rings is 4. The molecule has 12 heteroatoms. The fourth-order valence-electron chi connectivity index (χ4n) is 8.44. The van der Waals surface area contributed by atoms with E-state index in [1.54, 1.807) is 34.0 Å². The van der Waals surface area contributed by atoms with Gasteiger partial charge in [-0.2, -0.15) is 12.6 Å². The fourth-order valence-corrected chi connectivity index (χ4v) is 15.7. The van der Waals surface area contributed by atoms with E-state index in [2.05, 4.69) is 24.3 Å². The molecule has 296 valence electrons. The maximum atomic E-state index is 15.2. The first-order valence-electron chi connectivity index (χ1n) is 19.2. The number of ether oxygens (including phenoxy) is 2. The van der Waals surface area contributed by atoms with Gasteiger partial charge in [-0.3, -0.25) is 9.59 Å². The van der Waals surface area contributed by atoms with E-state index in [9.17, 15) is 0 Å². The van der Waals surface area contributed by atoms with Gasteiger partial charge in [0.15, 0.2) is 0 Å². The zero-order valence-electron chi connectivity index (χ0n) is 31.6. The Morgan fingerprint density at radius 2 is 1.18 bits per heavy atom. The molecule has 11 rings (SSSR count). The van der Waals surface area contributed by atoms with Gasteiger partial charge < -0.3 is 9.47 Å². The molecule has 0 radical (unpaired) electrons. The number of rotatable bonds is 8. The highest BCUT2D eigenvalue weighted by Crippen LogP contribution is 2.62. The van der Waals surface area contributed by atoms with E-state index in [0.29, 0.717) is 20.9 Å². The van der Waals surface area contributed by atoms with Crippen LogP contribution in [0.3, 0.4) is 0 Å². The molecular weight excluding hydrogens is 909 g/mol. The van der Waals surface area contributed by atoms with Crippen LogP contribution in [0, 0.1) is 0 Å². The Kier molecular flexibility index (Phi) is 9.78. The zero-order chi connectivity index (χ0) is 41.6. The lowest BCUT2D eigenvalue weighted by Gasteiger charge is -2.26. The summed E-state index contributed by atoms with van der Waals surface area (Å²) >= 11 is 29.2. The minimum Gasteiger partial charge on any atom is -0.459 e. The van der Waals surface area contributed by atoms with Crippen molar-refractivity contribution in [2.75, 3.05) is 0 Å². The summed E-state index contributed by atoms with van der Waals surface area (Å²) in [5, 5.41) is -0.109. The summed E-state index contributed by atoms with van der Waals surface area (Å²) in [4.78, 5) is 36.2. The molecule has 1 atom stereocenters. The number of thiocarbonyl (C=S) groups is 3. The Hall–Kier alpha value is -4.76. The average molecular weight is 937 g/mol. The summed E-state index contributed by atoms with van der Waals surface area (Å²) in [6.07, 6.45) is 4.15. The van der Waals surface area contributed by atoms with Crippen LogP contribution in [-0.2, 0) is 37.7 Å². The third-order valence-corrected chi connectivity index (χ3v) is 18.3. The van der Waals surface area contributed by atoms with Crippen LogP contribution >= 0.6 is 94.6 Å². The lowest BCUT2D eigenvalue weighted by molar-refractivity contribution is -0.164. The Balaban J connectivity index is 1.08. The van der Waals surface area contributed by atoms with Gasteiger partial charge in [-0.05, 0) is 52.1 Å². The maximum absolute atomic E-state index is 15.2. The summed E-state index contributed by atoms with van der Waals surface area (Å²) in [5.74, 6) is -1.36. The molecule has 3 aliphatic rings. The summed E-state index contributed by atoms with van der Waals surface area (Å²) < 4.78 is 16.5. The SMILES string of the molecule is O=C(OCc1ccccc1)C1(C(=O)OCc2ccccc2)c2cc(C=C3C(=S)c4ccccc4C3=S)sc2-c2sc3c(sc4cc(/C=C5/C(=S)c6ccccc6C5S)sc43)c21. The molecule has 0 saturated heterocycles. The van der Waals surface area contributed by atoms with Crippen LogP contribution in [0.5, 0.6) is 0 Å². The quantitative estimate of drug-likeness (QED) is 0.0535. The van der Waals surface area contributed by atoms with E-state index >= 15 is 9.59 Å². The highest BCUT2D eigenvalue weighted by Gasteiger charge is 2.61. The predicted octanol–water partition coefficient (Wildman–Crippen LogP) is 13.3. The lowest BCUT2D eigenvalue weighted by atomic mass is 9.79. The second-order valence-electron chi connectivity index (χ2n) is 14.9. The molecule has 4 aromatic heterocycles. The second kappa shape index (κ2) is 15.2. The van der Waals surface area contributed by atoms with Crippen LogP contribution < -0.4 is 0 Å². The Morgan fingerprint density at radius 3 is 1.80 bits per heavy atom. The number of carbonyl (C=O) groups excluding carboxylic acids is 2. The summed E-state index contributed by atoms with van der Waals surface area (Å²) in [6.45, 7) is -0.0226. The van der Waals surface area contributed by atoms with Gasteiger partial charge in [-0.1, -0.05) is 146 Å². The van der Waals surface area contributed by atoms with E-state index in [0.717, 1.165) is 87.7 Å². The van der Waals surface area contributed by atoms with Gasteiger partial charge in [-0.25, -0.2) is 0 Å². The maximum Gasteiger partial charge on any atom is 0.333 e. The molecule has 0 saturated carbocycles. The number of thiol groups is 1. The zero-order valence-corrected chi connectivity index (χ0v) is 38.2. The molecule has 8 aromatic rings. The van der Waals surface area contributed by atoms with E-state index in [-0.39, 0.29) is 18.5 Å². The van der Waals surface area contributed by atoms with Gasteiger partial charge in [0.2, 0.25) is 5.41 Å². The van der Waals surface area contributed by atoms with Crippen molar-refractivity contribution < 1.29 is 19.1 Å². The molecule has 4 heterocycles. The van der Waals surface area contributed by atoms with Gasteiger partial charge in [-0.15, -0.1) is 45.3 Å². The van der Waals surface area contributed by atoms with Crippen LogP contribution in [0.1, 0.15) is 59.5 Å². The van der Waals surface area contributed by atoms with Crippen molar-refractivity contribution in [2.24, 2.45) is 0 Å². The molecule has 4 aromatic carbocycles. The van der Waals surface area contributed by atoms with Crippen molar-refractivity contribution in [3.63, 3.8) is 0 Å². The van der Waals surface area contributed by atoms with Crippen LogP contribution in [-0.4, -0.2) is 26.5 Å². The molecule has 4 nitrogen and oxygen atoms in total. The van der Waals surface area contributed by atoms with Crippen LogP contribution in [0.25, 0.3) is 40.7 Å². The molecular formula is C49H28O4S8. The molecule has 0 spiro atoms. The van der Waals surface area contributed by atoms with E-state index in [1.165, 1.54) is 11.3 Å². The first-order valence-corrected chi connectivity index (χ1v) is 24.2. The number of fused-ring (bicyclic) bond motifs is 9. The third-order valence-electron chi connectivity index (χ3n) is 11.3. The largest absolute Gasteiger partial charge is 0.459 e. The van der Waals surface area contributed by atoms with Crippen molar-refractivity contribution in [1.29, 1.82) is 0 Å². The van der Waals surface area contributed by atoms with Gasteiger partial charge >= 0.3 is 11.9 Å². The Morgan fingerprint density at radius 1 is 0.607 bits per heavy atom. The predicted molar refractivity (Wildman–Crippen MR) is 267 cm³/mol. The molecule has 0 fully saturated rings. The standard InChI is InChI=1S/C49H28O4S8/c50-47(52-23-25-11-3-1-4-12-25)49(48(51)53-24-26-13-5-2-6-14-26)35-21-27(19-33-38(54)29-15-7-8-16-30(29)39(33)55)58-42(35)44-37(49)45-46(61-44)43-36(60-45)22-28(59-43)20-34-40(56)31-17-9-10-18-32(31)41(34)57/h1-22,40,56H,23-24H2/b34-20+. The average Bonchev–Trinajstić information content (AvgIpc) is 4.15. The monoisotopic (exact) mass is 936 g/mol. The fraction of sp³-hybridized carbons (Fsp3) is 0.0816. The first-order chi connectivity index (χ1) is 29.7. The van der Waals surface area contributed by atoms with Crippen molar-refractivity contribution >= 4 is 152 Å². The summed E-state index contributed by atoms with van der Waals surface area (Å²) in [7, 11) is 0. The smallest absolute Gasteiger partial charge is 0.333 e. The number of hydrogen-bond acceptors (Lipinski definition) is 12. The Labute approximate surface area is 388 Å². The van der Waals surface area contributed by atoms with Gasteiger partial charge in [0.1, 0.15) is 13.2 Å². The van der Waals surface area contributed by atoms with Gasteiger partial charge in [0.25, 0.3) is 0 Å².